The van der Waals surface area contributed by atoms with Gasteiger partial charge in [0.1, 0.15) is 12.3 Å². The SMILES string of the molecule is CCn1ccc(C(=O)N2CCCC(C)(c3noc(COC)n3)C2)n1. The first-order valence-electron chi connectivity index (χ1n) is 8.20. The van der Waals surface area contributed by atoms with Crippen molar-refractivity contribution in [2.75, 3.05) is 20.2 Å². The Morgan fingerprint density at radius 3 is 3.04 bits per heavy atom. The van der Waals surface area contributed by atoms with Gasteiger partial charge in [-0.25, -0.2) is 0 Å². The number of aromatic nitrogens is 4. The third-order valence-corrected chi connectivity index (χ3v) is 4.44. The van der Waals surface area contributed by atoms with E-state index in [9.17, 15) is 4.79 Å². The van der Waals surface area contributed by atoms with Gasteiger partial charge in [0, 0.05) is 38.4 Å². The van der Waals surface area contributed by atoms with Crippen molar-refractivity contribution < 1.29 is 14.1 Å². The molecule has 0 bridgehead atoms. The molecule has 1 saturated heterocycles. The van der Waals surface area contributed by atoms with Crippen LogP contribution in [0.1, 0.15) is 48.9 Å². The molecule has 1 aliphatic rings. The van der Waals surface area contributed by atoms with Gasteiger partial charge in [0.15, 0.2) is 5.82 Å². The number of carbonyl (C=O) groups is 1. The maximum absolute atomic E-state index is 12.7. The van der Waals surface area contributed by atoms with Crippen LogP contribution in [0, 0.1) is 0 Å². The van der Waals surface area contributed by atoms with Crippen LogP contribution in [0.15, 0.2) is 16.8 Å². The van der Waals surface area contributed by atoms with Gasteiger partial charge < -0.3 is 14.2 Å². The highest BCUT2D eigenvalue weighted by atomic mass is 16.5. The van der Waals surface area contributed by atoms with Crippen LogP contribution < -0.4 is 0 Å². The largest absolute Gasteiger partial charge is 0.375 e. The predicted molar refractivity (Wildman–Crippen MR) is 85.4 cm³/mol. The number of likely N-dealkylation sites (tertiary alicyclic amines) is 1. The van der Waals surface area contributed by atoms with E-state index in [1.807, 2.05) is 18.0 Å². The maximum Gasteiger partial charge on any atom is 0.274 e. The molecule has 3 heterocycles. The van der Waals surface area contributed by atoms with Crippen LogP contribution in [-0.4, -0.2) is 50.9 Å². The van der Waals surface area contributed by atoms with Crippen molar-refractivity contribution in [3.05, 3.63) is 29.7 Å². The normalized spacial score (nSPS) is 21.2. The zero-order valence-electron chi connectivity index (χ0n) is 14.4. The lowest BCUT2D eigenvalue weighted by molar-refractivity contribution is 0.0635. The number of carbonyl (C=O) groups excluding carboxylic acids is 1. The van der Waals surface area contributed by atoms with Gasteiger partial charge in [0.2, 0.25) is 0 Å². The van der Waals surface area contributed by atoms with E-state index in [0.717, 1.165) is 25.9 Å². The summed E-state index contributed by atoms with van der Waals surface area (Å²) in [4.78, 5) is 19.0. The number of aryl methyl sites for hydroxylation is 1. The van der Waals surface area contributed by atoms with Crippen LogP contribution in [0.2, 0.25) is 0 Å². The summed E-state index contributed by atoms with van der Waals surface area (Å²) in [7, 11) is 1.59. The first-order chi connectivity index (χ1) is 11.6. The van der Waals surface area contributed by atoms with Gasteiger partial charge in [-0.3, -0.25) is 9.48 Å². The van der Waals surface area contributed by atoms with Crippen LogP contribution in [-0.2, 0) is 23.3 Å². The van der Waals surface area contributed by atoms with E-state index in [1.54, 1.807) is 17.9 Å². The molecule has 1 fully saturated rings. The summed E-state index contributed by atoms with van der Waals surface area (Å²) in [6.45, 7) is 6.37. The summed E-state index contributed by atoms with van der Waals surface area (Å²) in [5, 5.41) is 8.40. The van der Waals surface area contributed by atoms with E-state index in [0.29, 0.717) is 30.6 Å². The summed E-state index contributed by atoms with van der Waals surface area (Å²) in [5.41, 5.74) is 0.158. The molecule has 1 amide bonds. The summed E-state index contributed by atoms with van der Waals surface area (Å²) in [5.74, 6) is 1.04. The van der Waals surface area contributed by atoms with Gasteiger partial charge in [-0.2, -0.15) is 10.1 Å². The lowest BCUT2D eigenvalue weighted by Gasteiger charge is -2.38. The highest BCUT2D eigenvalue weighted by Gasteiger charge is 2.39. The van der Waals surface area contributed by atoms with Crippen LogP contribution in [0.3, 0.4) is 0 Å². The fourth-order valence-electron chi connectivity index (χ4n) is 3.09. The molecular formula is C16H23N5O3. The third-order valence-electron chi connectivity index (χ3n) is 4.44. The second-order valence-electron chi connectivity index (χ2n) is 6.39. The molecule has 0 aromatic carbocycles. The maximum atomic E-state index is 12.7. The molecule has 1 unspecified atom stereocenters. The van der Waals surface area contributed by atoms with Crippen molar-refractivity contribution in [1.82, 2.24) is 24.8 Å². The van der Waals surface area contributed by atoms with Gasteiger partial charge >= 0.3 is 0 Å². The molecule has 1 aliphatic heterocycles. The Hall–Kier alpha value is -2.22. The standard InChI is InChI=1S/C16H23N5O3/c1-4-21-9-6-12(18-21)14(22)20-8-5-7-16(2,11-20)15-17-13(10-23-3)24-19-15/h6,9H,4-5,7-8,10-11H2,1-3H3. The molecule has 0 N–H and O–H groups in total. The minimum absolute atomic E-state index is 0.0475. The fourth-order valence-corrected chi connectivity index (χ4v) is 3.09. The lowest BCUT2D eigenvalue weighted by atomic mass is 9.81. The highest BCUT2D eigenvalue weighted by Crippen LogP contribution is 2.32. The average Bonchev–Trinajstić information content (AvgIpc) is 3.24. The van der Waals surface area contributed by atoms with E-state index in [4.69, 9.17) is 9.26 Å². The van der Waals surface area contributed by atoms with Crippen molar-refractivity contribution in [2.24, 2.45) is 0 Å². The number of methoxy groups -OCH3 is 1. The molecule has 24 heavy (non-hydrogen) atoms. The zero-order valence-corrected chi connectivity index (χ0v) is 14.4. The molecular weight excluding hydrogens is 310 g/mol. The molecule has 0 radical (unpaired) electrons. The Balaban J connectivity index is 1.76. The quantitative estimate of drug-likeness (QED) is 0.826. The Bertz CT molecular complexity index is 710. The predicted octanol–water partition coefficient (Wildman–Crippen LogP) is 1.63. The molecule has 1 atom stereocenters. The van der Waals surface area contributed by atoms with Gasteiger partial charge in [0.05, 0.1) is 0 Å². The lowest BCUT2D eigenvalue weighted by Crippen LogP contribution is -2.47. The monoisotopic (exact) mass is 333 g/mol. The number of rotatable bonds is 5. The number of hydrogen-bond donors (Lipinski definition) is 0. The smallest absolute Gasteiger partial charge is 0.274 e. The summed E-state index contributed by atoms with van der Waals surface area (Å²) >= 11 is 0. The van der Waals surface area contributed by atoms with Gasteiger partial charge in [-0.1, -0.05) is 12.1 Å². The third kappa shape index (κ3) is 3.19. The molecule has 2 aromatic heterocycles. The van der Waals surface area contributed by atoms with Crippen LogP contribution in [0.25, 0.3) is 0 Å². The molecule has 130 valence electrons. The van der Waals surface area contributed by atoms with Crippen molar-refractivity contribution in [3.8, 4) is 0 Å². The minimum atomic E-state index is -0.323. The zero-order chi connectivity index (χ0) is 17.2. The van der Waals surface area contributed by atoms with Gasteiger partial charge in [0.25, 0.3) is 11.8 Å². The number of amides is 1. The summed E-state index contributed by atoms with van der Waals surface area (Å²) in [6, 6.07) is 1.77. The Kier molecular flexibility index (Phi) is 4.66. The molecule has 8 nitrogen and oxygen atoms in total. The number of piperidine rings is 1. The summed E-state index contributed by atoms with van der Waals surface area (Å²) < 4.78 is 12.0. The Morgan fingerprint density at radius 2 is 2.33 bits per heavy atom. The average molecular weight is 333 g/mol. The molecule has 0 aliphatic carbocycles. The Labute approximate surface area is 140 Å². The molecule has 3 rings (SSSR count). The summed E-state index contributed by atoms with van der Waals surface area (Å²) in [6.07, 6.45) is 3.63. The van der Waals surface area contributed by atoms with Gasteiger partial charge in [-0.05, 0) is 25.8 Å². The van der Waals surface area contributed by atoms with E-state index in [1.165, 1.54) is 0 Å². The highest BCUT2D eigenvalue weighted by molar-refractivity contribution is 5.92. The van der Waals surface area contributed by atoms with Crippen LogP contribution in [0.5, 0.6) is 0 Å². The fraction of sp³-hybridized carbons (Fsp3) is 0.625. The van der Waals surface area contributed by atoms with E-state index >= 15 is 0 Å². The van der Waals surface area contributed by atoms with Crippen molar-refractivity contribution in [3.63, 3.8) is 0 Å². The van der Waals surface area contributed by atoms with Crippen molar-refractivity contribution in [1.29, 1.82) is 0 Å². The Morgan fingerprint density at radius 1 is 1.50 bits per heavy atom. The van der Waals surface area contributed by atoms with Gasteiger partial charge in [-0.15, -0.1) is 0 Å². The molecule has 8 heteroatoms. The second kappa shape index (κ2) is 6.72. The van der Waals surface area contributed by atoms with Crippen LogP contribution >= 0.6 is 0 Å². The van der Waals surface area contributed by atoms with E-state index in [2.05, 4.69) is 22.2 Å². The molecule has 0 saturated carbocycles. The molecule has 0 spiro atoms. The van der Waals surface area contributed by atoms with E-state index < -0.39 is 0 Å². The minimum Gasteiger partial charge on any atom is -0.375 e. The van der Waals surface area contributed by atoms with Crippen LogP contribution in [0.4, 0.5) is 0 Å². The first-order valence-corrected chi connectivity index (χ1v) is 8.20. The van der Waals surface area contributed by atoms with Crippen molar-refractivity contribution >= 4 is 5.91 Å². The number of ether oxygens (including phenoxy) is 1. The number of hydrogen-bond acceptors (Lipinski definition) is 6. The molecule has 2 aromatic rings. The topological polar surface area (TPSA) is 86.3 Å². The van der Waals surface area contributed by atoms with E-state index in [-0.39, 0.29) is 11.3 Å². The second-order valence-corrected chi connectivity index (χ2v) is 6.39. The first kappa shape index (κ1) is 16.6. The number of nitrogens with zero attached hydrogens (tertiary/aromatic N) is 5. The van der Waals surface area contributed by atoms with Crippen molar-refractivity contribution in [2.45, 2.75) is 45.3 Å².